The number of ether oxygens (including phenoxy) is 4. The van der Waals surface area contributed by atoms with E-state index in [1.54, 1.807) is 0 Å². The van der Waals surface area contributed by atoms with Crippen molar-refractivity contribution in [2.75, 3.05) is 112 Å². The van der Waals surface area contributed by atoms with Crippen LogP contribution in [0.3, 0.4) is 0 Å². The van der Waals surface area contributed by atoms with E-state index in [4.69, 9.17) is 30.8 Å². The highest BCUT2D eigenvalue weighted by Crippen LogP contribution is 2.54. The Balaban J connectivity index is 0.754. The lowest BCUT2D eigenvalue weighted by atomic mass is 9.57. The number of hydrogen-bond donors (Lipinski definition) is 3. The molecule has 7 rings (SSSR count). The van der Waals surface area contributed by atoms with Gasteiger partial charge in [-0.25, -0.2) is 8.78 Å². The van der Waals surface area contributed by atoms with Crippen LogP contribution in [-0.4, -0.2) is 184 Å². The Kier molecular flexibility index (Phi) is 20.2. The number of amides is 2. The quantitative estimate of drug-likeness (QED) is 0.0433. The maximum atomic E-state index is 13.9. The number of benzene rings is 1. The third kappa shape index (κ3) is 15.5. The molecule has 69 heavy (non-hydrogen) atoms. The minimum atomic E-state index is -2.67. The fourth-order valence-corrected chi connectivity index (χ4v) is 12.2. The number of alkyl halides is 2. The van der Waals surface area contributed by atoms with Gasteiger partial charge in [0.1, 0.15) is 12.4 Å². The van der Waals surface area contributed by atoms with Crippen LogP contribution in [0.25, 0.3) is 0 Å². The summed E-state index contributed by atoms with van der Waals surface area (Å²) < 4.78 is 49.7. The Bertz CT molecular complexity index is 1810. The average molecular weight is 965 g/mol. The largest absolute Gasteiger partial charge is 0.378 e. The highest BCUT2D eigenvalue weighted by atomic mass is 19.3. The summed E-state index contributed by atoms with van der Waals surface area (Å²) >= 11 is 0. The summed E-state index contributed by atoms with van der Waals surface area (Å²) in [7, 11) is 0. The summed E-state index contributed by atoms with van der Waals surface area (Å²) in [6.45, 7) is 14.3. The molecule has 4 saturated heterocycles. The van der Waals surface area contributed by atoms with Gasteiger partial charge < -0.3 is 39.0 Å². The number of piperazine rings is 1. The summed E-state index contributed by atoms with van der Waals surface area (Å²) in [5.74, 6) is 0.745. The monoisotopic (exact) mass is 965 g/mol. The third-order valence-electron chi connectivity index (χ3n) is 16.2. The summed E-state index contributed by atoms with van der Waals surface area (Å²) in [5, 5.41) is 21.6. The SMILES string of the molecule is C#CCOCCOCCOCCOCCN1CCN(CCCC(=O)N2CCC3(CC2)CC(C(=N)N(C(C)=N)C2CC4CCC(C2)N4CC[C@H](NC(=O)C2CCC(F)(F)CC2)c2ccccc2)C3)CC1. The van der Waals surface area contributed by atoms with Crippen LogP contribution < -0.4 is 5.32 Å². The van der Waals surface area contributed by atoms with Gasteiger partial charge in [-0.05, 0) is 101 Å². The van der Waals surface area contributed by atoms with Crippen molar-refractivity contribution < 1.29 is 37.3 Å². The maximum Gasteiger partial charge on any atom is 0.248 e. The lowest BCUT2D eigenvalue weighted by molar-refractivity contribution is -0.135. The number of amidine groups is 2. The molecule has 1 spiro atoms. The number of carbonyl (C=O) groups excluding carboxylic acids is 2. The first-order chi connectivity index (χ1) is 33.4. The van der Waals surface area contributed by atoms with E-state index in [-0.39, 0.29) is 66.8 Å². The smallest absolute Gasteiger partial charge is 0.248 e. The molecule has 0 radical (unpaired) electrons. The highest BCUT2D eigenvalue weighted by Gasteiger charge is 2.51. The van der Waals surface area contributed by atoms with E-state index in [1.807, 2.05) is 37.3 Å². The van der Waals surface area contributed by atoms with Gasteiger partial charge in [0.15, 0.2) is 0 Å². The predicted molar refractivity (Wildman–Crippen MR) is 264 cm³/mol. The van der Waals surface area contributed by atoms with Crippen molar-refractivity contribution in [1.82, 2.24) is 29.8 Å². The van der Waals surface area contributed by atoms with Crippen LogP contribution in [0.15, 0.2) is 30.3 Å². The molecular formula is C53H82F2N8O6. The van der Waals surface area contributed by atoms with Crippen molar-refractivity contribution in [3.05, 3.63) is 35.9 Å². The van der Waals surface area contributed by atoms with E-state index >= 15 is 0 Å². The Morgan fingerprint density at radius 3 is 1.96 bits per heavy atom. The molecule has 6 fully saturated rings. The molecule has 1 aromatic carbocycles. The van der Waals surface area contributed by atoms with Crippen molar-refractivity contribution in [3.63, 3.8) is 0 Å². The fourth-order valence-electron chi connectivity index (χ4n) is 12.2. The second-order valence-corrected chi connectivity index (χ2v) is 20.8. The molecule has 2 aliphatic carbocycles. The molecule has 3 atom stereocenters. The van der Waals surface area contributed by atoms with E-state index in [9.17, 15) is 23.8 Å². The van der Waals surface area contributed by atoms with Crippen LogP contribution >= 0.6 is 0 Å². The predicted octanol–water partition coefficient (Wildman–Crippen LogP) is 6.45. The number of hydrogen-bond acceptors (Lipinski definition) is 11. The molecular weight excluding hydrogens is 883 g/mol. The van der Waals surface area contributed by atoms with Gasteiger partial charge in [-0.3, -0.25) is 30.2 Å². The molecule has 2 saturated carbocycles. The zero-order valence-corrected chi connectivity index (χ0v) is 41.5. The molecule has 6 aliphatic rings. The van der Waals surface area contributed by atoms with Crippen LogP contribution in [-0.2, 0) is 28.5 Å². The van der Waals surface area contributed by atoms with Gasteiger partial charge in [0.05, 0.1) is 58.1 Å². The highest BCUT2D eigenvalue weighted by molar-refractivity contribution is 5.99. The summed E-state index contributed by atoms with van der Waals surface area (Å²) in [5.41, 5.74) is 1.23. The maximum absolute atomic E-state index is 13.9. The van der Waals surface area contributed by atoms with Gasteiger partial charge in [-0.2, -0.15) is 0 Å². The van der Waals surface area contributed by atoms with Gasteiger partial charge in [0.25, 0.3) is 0 Å². The normalized spacial score (nSPS) is 24.7. The van der Waals surface area contributed by atoms with E-state index in [0.717, 1.165) is 129 Å². The molecule has 14 nitrogen and oxygen atoms in total. The first kappa shape index (κ1) is 53.2. The number of piperidine rings is 2. The molecule has 2 unspecified atom stereocenters. The van der Waals surface area contributed by atoms with Gasteiger partial charge >= 0.3 is 0 Å². The molecule has 2 amide bonds. The lowest BCUT2D eigenvalue weighted by Gasteiger charge is -2.54. The van der Waals surface area contributed by atoms with E-state index in [0.29, 0.717) is 83.0 Å². The first-order valence-corrected chi connectivity index (χ1v) is 26.3. The summed E-state index contributed by atoms with van der Waals surface area (Å²) in [4.78, 5) is 38.3. The van der Waals surface area contributed by atoms with Crippen molar-refractivity contribution in [2.45, 2.75) is 133 Å². The van der Waals surface area contributed by atoms with Crippen molar-refractivity contribution in [2.24, 2.45) is 17.3 Å². The molecule has 3 N–H and O–H groups in total. The van der Waals surface area contributed by atoms with Gasteiger partial charge in [0.2, 0.25) is 17.7 Å². The van der Waals surface area contributed by atoms with Crippen molar-refractivity contribution in [3.8, 4) is 12.3 Å². The Morgan fingerprint density at radius 1 is 0.783 bits per heavy atom. The van der Waals surface area contributed by atoms with Gasteiger partial charge in [0, 0.05) is 102 Å². The number of halogens is 2. The Labute approximate surface area is 410 Å². The summed E-state index contributed by atoms with van der Waals surface area (Å²) in [6, 6.07) is 10.7. The standard InChI is InChI=1S/C53H82F2N8O6/c1-3-29-66-31-33-68-35-36-69-34-32-67-30-28-60-26-24-59(25-27-60)20-7-10-49(64)61-22-18-52(19-23-61)39-44(40-52)50(57)63(41(2)56)47-37-45-11-12-46(38-47)62(45)21-15-48(42-8-5-4-6-9-42)58-51(65)43-13-16-53(54,55)17-14-43/h1,4-6,8-9,43-48,56-57H,7,10-40H2,2H3,(H,58,65)/t45?,46?,47?,48-/m0/s1. The lowest BCUT2D eigenvalue weighted by Crippen LogP contribution is -2.57. The molecule has 384 valence electrons. The van der Waals surface area contributed by atoms with E-state index < -0.39 is 5.92 Å². The van der Waals surface area contributed by atoms with Gasteiger partial charge in [-0.1, -0.05) is 36.3 Å². The fraction of sp³-hybridized carbons (Fsp3) is 0.774. The minimum absolute atomic E-state index is 0.113. The second kappa shape index (κ2) is 26.2. The van der Waals surface area contributed by atoms with E-state index in [1.165, 1.54) is 0 Å². The number of carbonyl (C=O) groups is 2. The molecule has 16 heteroatoms. The van der Waals surface area contributed by atoms with Crippen LogP contribution in [0.4, 0.5) is 8.78 Å². The van der Waals surface area contributed by atoms with Crippen LogP contribution in [0.1, 0.15) is 115 Å². The number of nitrogens with zero attached hydrogens (tertiary/aromatic N) is 5. The van der Waals surface area contributed by atoms with Crippen molar-refractivity contribution in [1.29, 1.82) is 10.8 Å². The van der Waals surface area contributed by atoms with E-state index in [2.05, 4.69) is 35.7 Å². The molecule has 4 heterocycles. The topological polar surface area (TPSA) is 147 Å². The number of rotatable bonds is 25. The number of fused-ring (bicyclic) bond motifs is 2. The number of likely N-dealkylation sites (tertiary alicyclic amines) is 1. The minimum Gasteiger partial charge on any atom is -0.378 e. The first-order valence-electron chi connectivity index (χ1n) is 26.3. The summed E-state index contributed by atoms with van der Waals surface area (Å²) in [6.07, 6.45) is 15.3. The van der Waals surface area contributed by atoms with Crippen LogP contribution in [0.2, 0.25) is 0 Å². The van der Waals surface area contributed by atoms with Gasteiger partial charge in [-0.15, -0.1) is 6.42 Å². The zero-order valence-electron chi connectivity index (χ0n) is 41.5. The second-order valence-electron chi connectivity index (χ2n) is 20.8. The molecule has 2 bridgehead atoms. The zero-order chi connectivity index (χ0) is 48.6. The Morgan fingerprint density at radius 2 is 1.36 bits per heavy atom. The Hall–Kier alpha value is -3.56. The van der Waals surface area contributed by atoms with Crippen LogP contribution in [0, 0.1) is 40.4 Å². The average Bonchev–Trinajstić information content (AvgIpc) is 3.57. The number of terminal acetylenes is 1. The molecule has 0 aromatic heterocycles. The van der Waals surface area contributed by atoms with Crippen molar-refractivity contribution >= 4 is 23.5 Å². The number of nitrogens with one attached hydrogen (secondary N) is 3. The molecule has 4 aliphatic heterocycles. The third-order valence-corrected chi connectivity index (χ3v) is 16.2. The van der Waals surface area contributed by atoms with Crippen LogP contribution in [0.5, 0.6) is 0 Å². The molecule has 1 aromatic rings.